The van der Waals surface area contributed by atoms with Gasteiger partial charge in [0.2, 0.25) is 16.5 Å². The highest BCUT2D eigenvalue weighted by atomic mass is 35.5. The Balaban J connectivity index is 2.02. The summed E-state index contributed by atoms with van der Waals surface area (Å²) in [6, 6.07) is 0.290. The predicted molar refractivity (Wildman–Crippen MR) is 61.9 cm³/mol. The highest BCUT2D eigenvalue weighted by Gasteiger charge is 2.20. The standard InChI is InChI=1S/C9H12Cl2N4O/c1-5-4-6(2-3-16-5)12-9-14-7(10)13-8(11)15-9/h5-6H,2-4H2,1H3,(H,12,13,14,15). The summed E-state index contributed by atoms with van der Waals surface area (Å²) in [5, 5.41) is 3.38. The SMILES string of the molecule is CC1CC(Nc2nc(Cl)nc(Cl)n2)CCO1. The zero-order valence-corrected chi connectivity index (χ0v) is 10.3. The molecule has 2 rings (SSSR count). The molecule has 0 aromatic carbocycles. The molecule has 0 bridgehead atoms. The van der Waals surface area contributed by atoms with Crippen LogP contribution in [0.3, 0.4) is 0 Å². The summed E-state index contributed by atoms with van der Waals surface area (Å²) in [6.07, 6.45) is 2.09. The molecule has 1 aromatic heterocycles. The molecule has 1 aromatic rings. The van der Waals surface area contributed by atoms with Crippen molar-refractivity contribution in [2.45, 2.75) is 31.9 Å². The maximum absolute atomic E-state index is 5.69. The van der Waals surface area contributed by atoms with E-state index in [-0.39, 0.29) is 16.7 Å². The van der Waals surface area contributed by atoms with Crippen LogP contribution in [0, 0.1) is 0 Å². The molecule has 88 valence electrons. The second-order valence-corrected chi connectivity index (χ2v) is 4.42. The van der Waals surface area contributed by atoms with Gasteiger partial charge in [-0.3, -0.25) is 0 Å². The molecule has 0 amide bonds. The number of anilines is 1. The molecular weight excluding hydrogens is 251 g/mol. The maximum atomic E-state index is 5.69. The Hall–Kier alpha value is -0.650. The van der Waals surface area contributed by atoms with E-state index >= 15 is 0 Å². The van der Waals surface area contributed by atoms with Crippen LogP contribution in [0.5, 0.6) is 0 Å². The normalized spacial score (nSPS) is 25.4. The Morgan fingerprint density at radius 3 is 2.56 bits per heavy atom. The number of halogens is 2. The van der Waals surface area contributed by atoms with Crippen LogP contribution in [-0.4, -0.2) is 33.7 Å². The van der Waals surface area contributed by atoms with Gasteiger partial charge in [0.05, 0.1) is 6.10 Å². The maximum Gasteiger partial charge on any atom is 0.228 e. The number of hydrogen-bond donors (Lipinski definition) is 1. The van der Waals surface area contributed by atoms with E-state index in [1.165, 1.54) is 0 Å². The molecule has 0 radical (unpaired) electrons. The van der Waals surface area contributed by atoms with E-state index in [1.807, 2.05) is 6.92 Å². The van der Waals surface area contributed by atoms with Gasteiger partial charge in [0.25, 0.3) is 0 Å². The van der Waals surface area contributed by atoms with Crippen LogP contribution in [0.2, 0.25) is 10.6 Å². The highest BCUT2D eigenvalue weighted by molar-refractivity contribution is 6.31. The molecule has 7 heteroatoms. The molecular formula is C9H12Cl2N4O. The van der Waals surface area contributed by atoms with E-state index < -0.39 is 0 Å². The lowest BCUT2D eigenvalue weighted by Gasteiger charge is -2.27. The number of rotatable bonds is 2. The molecule has 0 saturated carbocycles. The summed E-state index contributed by atoms with van der Waals surface area (Å²) in [6.45, 7) is 2.78. The fourth-order valence-corrected chi connectivity index (χ4v) is 2.07. The van der Waals surface area contributed by atoms with E-state index in [4.69, 9.17) is 27.9 Å². The Bertz CT molecular complexity index is 356. The summed E-state index contributed by atoms with van der Waals surface area (Å²) in [4.78, 5) is 11.6. The van der Waals surface area contributed by atoms with Crippen molar-refractivity contribution in [1.29, 1.82) is 0 Å². The van der Waals surface area contributed by atoms with Crippen molar-refractivity contribution in [3.8, 4) is 0 Å². The lowest BCUT2D eigenvalue weighted by Crippen LogP contribution is -2.33. The van der Waals surface area contributed by atoms with Gasteiger partial charge in [-0.15, -0.1) is 0 Å². The first-order chi connectivity index (χ1) is 7.63. The van der Waals surface area contributed by atoms with Crippen LogP contribution in [0.1, 0.15) is 19.8 Å². The van der Waals surface area contributed by atoms with Gasteiger partial charge in [-0.05, 0) is 43.0 Å². The second-order valence-electron chi connectivity index (χ2n) is 3.74. The number of nitrogens with one attached hydrogen (secondary N) is 1. The molecule has 2 unspecified atom stereocenters. The topological polar surface area (TPSA) is 59.9 Å². The molecule has 2 atom stereocenters. The number of nitrogens with zero attached hydrogens (tertiary/aromatic N) is 3. The minimum atomic E-state index is 0.0996. The fourth-order valence-electron chi connectivity index (χ4n) is 1.70. The van der Waals surface area contributed by atoms with E-state index in [9.17, 15) is 0 Å². The summed E-state index contributed by atoms with van der Waals surface area (Å²) in [5.74, 6) is 0.420. The van der Waals surface area contributed by atoms with E-state index in [1.54, 1.807) is 0 Å². The van der Waals surface area contributed by atoms with Gasteiger partial charge in [0.15, 0.2) is 0 Å². The van der Waals surface area contributed by atoms with E-state index in [2.05, 4.69) is 20.3 Å². The van der Waals surface area contributed by atoms with Gasteiger partial charge in [0, 0.05) is 12.6 Å². The molecule has 16 heavy (non-hydrogen) atoms. The van der Waals surface area contributed by atoms with Crippen LogP contribution >= 0.6 is 23.2 Å². The first-order valence-electron chi connectivity index (χ1n) is 5.08. The van der Waals surface area contributed by atoms with Gasteiger partial charge in [-0.2, -0.15) is 15.0 Å². The molecule has 1 saturated heterocycles. The van der Waals surface area contributed by atoms with Crippen LogP contribution in [0.15, 0.2) is 0 Å². The molecule has 5 nitrogen and oxygen atoms in total. The third-order valence-corrected chi connectivity index (χ3v) is 2.74. The zero-order chi connectivity index (χ0) is 11.5. The fraction of sp³-hybridized carbons (Fsp3) is 0.667. The Morgan fingerprint density at radius 1 is 1.25 bits per heavy atom. The van der Waals surface area contributed by atoms with Crippen molar-refractivity contribution in [2.24, 2.45) is 0 Å². The monoisotopic (exact) mass is 262 g/mol. The quantitative estimate of drug-likeness (QED) is 0.885. The smallest absolute Gasteiger partial charge is 0.228 e. The zero-order valence-electron chi connectivity index (χ0n) is 8.78. The minimum Gasteiger partial charge on any atom is -0.378 e. The minimum absolute atomic E-state index is 0.0996. The van der Waals surface area contributed by atoms with E-state index in [0.29, 0.717) is 12.0 Å². The van der Waals surface area contributed by atoms with Gasteiger partial charge < -0.3 is 10.1 Å². The van der Waals surface area contributed by atoms with Gasteiger partial charge >= 0.3 is 0 Å². The Morgan fingerprint density at radius 2 is 1.94 bits per heavy atom. The average molecular weight is 263 g/mol. The van der Waals surface area contributed by atoms with Gasteiger partial charge in [0.1, 0.15) is 0 Å². The average Bonchev–Trinajstić information content (AvgIpc) is 2.15. The largest absolute Gasteiger partial charge is 0.378 e. The molecule has 1 fully saturated rings. The molecule has 0 aliphatic carbocycles. The second kappa shape index (κ2) is 5.12. The lowest BCUT2D eigenvalue weighted by molar-refractivity contribution is 0.0231. The summed E-state index contributed by atoms with van der Waals surface area (Å²) >= 11 is 11.4. The third kappa shape index (κ3) is 3.17. The Kier molecular flexibility index (Phi) is 3.78. The molecule has 0 spiro atoms. The van der Waals surface area contributed by atoms with Crippen LogP contribution < -0.4 is 5.32 Å². The van der Waals surface area contributed by atoms with Crippen molar-refractivity contribution in [3.05, 3.63) is 10.6 Å². The number of aromatic nitrogens is 3. The number of ether oxygens (including phenoxy) is 1. The van der Waals surface area contributed by atoms with Gasteiger partial charge in [-0.25, -0.2) is 0 Å². The van der Waals surface area contributed by atoms with Crippen LogP contribution in [0.25, 0.3) is 0 Å². The number of hydrogen-bond acceptors (Lipinski definition) is 5. The van der Waals surface area contributed by atoms with E-state index in [0.717, 1.165) is 19.4 Å². The highest BCUT2D eigenvalue weighted by Crippen LogP contribution is 2.18. The lowest BCUT2D eigenvalue weighted by atomic mass is 10.0. The molecule has 1 aliphatic rings. The Labute approximate surface area is 104 Å². The van der Waals surface area contributed by atoms with Crippen molar-refractivity contribution in [3.63, 3.8) is 0 Å². The summed E-state index contributed by atoms with van der Waals surface area (Å²) in [7, 11) is 0. The molecule has 1 N–H and O–H groups in total. The van der Waals surface area contributed by atoms with Crippen LogP contribution in [-0.2, 0) is 4.74 Å². The first kappa shape index (κ1) is 11.8. The first-order valence-corrected chi connectivity index (χ1v) is 5.84. The van der Waals surface area contributed by atoms with Crippen molar-refractivity contribution in [2.75, 3.05) is 11.9 Å². The van der Waals surface area contributed by atoms with Crippen molar-refractivity contribution < 1.29 is 4.74 Å². The predicted octanol–water partition coefficient (Wildman–Crippen LogP) is 2.16. The molecule has 1 aliphatic heterocycles. The van der Waals surface area contributed by atoms with Gasteiger partial charge in [-0.1, -0.05) is 0 Å². The molecule has 2 heterocycles. The van der Waals surface area contributed by atoms with Crippen LogP contribution in [0.4, 0.5) is 5.95 Å². The summed E-state index contributed by atoms with van der Waals surface area (Å²) < 4.78 is 5.45. The van der Waals surface area contributed by atoms with Crippen molar-refractivity contribution in [1.82, 2.24) is 15.0 Å². The summed E-state index contributed by atoms with van der Waals surface area (Å²) in [5.41, 5.74) is 0. The van der Waals surface area contributed by atoms with Crippen molar-refractivity contribution >= 4 is 29.2 Å². The third-order valence-electron chi connectivity index (χ3n) is 2.40.